The second-order valence-corrected chi connectivity index (χ2v) is 22.7. The Bertz CT molecular complexity index is 1440. The van der Waals surface area contributed by atoms with E-state index >= 15 is 0 Å². The van der Waals surface area contributed by atoms with Crippen molar-refractivity contribution in [2.24, 2.45) is 0 Å². The summed E-state index contributed by atoms with van der Waals surface area (Å²) < 4.78 is 16.8. The molecule has 6 heteroatoms. The maximum Gasteiger partial charge on any atom is 0.310 e. The van der Waals surface area contributed by atoms with Crippen molar-refractivity contribution in [3.63, 3.8) is 0 Å². The number of unbranched alkanes of at least 4 members (excludes halogenated alkanes) is 40. The molecule has 0 heterocycles. The molecule has 0 aromatic rings. The Morgan fingerprint density at radius 3 is 0.846 bits per heavy atom. The fourth-order valence-corrected chi connectivity index (χ4v) is 9.93. The molecule has 0 radical (unpaired) electrons. The minimum absolute atomic E-state index is 0.0976. The molecule has 0 rings (SSSR count). The summed E-state index contributed by atoms with van der Waals surface area (Å²) in [5.41, 5.74) is 0. The second kappa shape index (κ2) is 66.4. The minimum Gasteiger partial charge on any atom is -0.462 e. The molecule has 0 N–H and O–H groups in total. The van der Waals surface area contributed by atoms with Gasteiger partial charge in [-0.3, -0.25) is 14.4 Å². The highest BCUT2D eigenvalue weighted by Crippen LogP contribution is 2.18. The maximum atomic E-state index is 12.8. The fourth-order valence-electron chi connectivity index (χ4n) is 9.93. The largest absolute Gasteiger partial charge is 0.462 e. The second-order valence-electron chi connectivity index (χ2n) is 22.7. The third-order valence-electron chi connectivity index (χ3n) is 15.0. The zero-order chi connectivity index (χ0) is 56.4. The highest BCUT2D eigenvalue weighted by Gasteiger charge is 2.19. The summed E-state index contributed by atoms with van der Waals surface area (Å²) >= 11 is 0. The number of carbonyl (C=O) groups excluding carboxylic acids is 3. The first-order valence-corrected chi connectivity index (χ1v) is 33.9. The SMILES string of the molecule is CC/C=C\C/C=C\C/C=C\C/C=C\C/C=C\CC(=O)OC(COC(=O)CCCCCCC/C=C\CCCCCC)COC(=O)CCCCCCCCCCCCCCCCCCCCCCCCCCCCCCCCCC. The first-order chi connectivity index (χ1) is 38.5. The van der Waals surface area contributed by atoms with E-state index in [1.807, 2.05) is 6.08 Å². The van der Waals surface area contributed by atoms with E-state index in [1.165, 1.54) is 225 Å². The van der Waals surface area contributed by atoms with E-state index < -0.39 is 12.1 Å². The lowest BCUT2D eigenvalue weighted by Crippen LogP contribution is -2.30. The normalized spacial score (nSPS) is 12.5. The number of hydrogen-bond acceptors (Lipinski definition) is 6. The average Bonchev–Trinajstić information content (AvgIpc) is 3.44. The number of esters is 3. The Labute approximate surface area is 484 Å². The standard InChI is InChI=1S/C72H128O6/c1-4-7-10-13-16-19-22-25-27-28-29-30-31-32-33-34-35-36-37-38-39-40-41-42-43-45-47-50-53-56-59-62-65-71(74)77-68-69(67-76-70(73)64-61-58-55-52-49-46-24-21-18-15-12-9-6-3)78-72(75)66-63-60-57-54-51-48-44-26-23-20-17-14-11-8-5-2/h8,11,17,20-21,24,26,44,51,54,60,63,69H,4-7,9-10,12-16,18-19,22-23,25,27-43,45-50,52-53,55-59,61-62,64-68H2,1-3H3/b11-8-,20-17-,24-21-,44-26-,54-51-,63-60-. The van der Waals surface area contributed by atoms with Crippen LogP contribution in [0.1, 0.15) is 348 Å². The predicted molar refractivity (Wildman–Crippen MR) is 339 cm³/mol. The number of carbonyl (C=O) groups is 3. The van der Waals surface area contributed by atoms with Crippen LogP contribution >= 0.6 is 0 Å². The van der Waals surface area contributed by atoms with Gasteiger partial charge in [-0.05, 0) is 70.6 Å². The van der Waals surface area contributed by atoms with Crippen LogP contribution in [0.4, 0.5) is 0 Å². The van der Waals surface area contributed by atoms with Crippen LogP contribution in [0.25, 0.3) is 0 Å². The molecule has 0 aliphatic heterocycles. The number of hydrogen-bond donors (Lipinski definition) is 0. The molecule has 1 unspecified atom stereocenters. The quantitative estimate of drug-likeness (QED) is 0.0261. The van der Waals surface area contributed by atoms with Crippen molar-refractivity contribution in [3.8, 4) is 0 Å². The highest BCUT2D eigenvalue weighted by atomic mass is 16.6. The third-order valence-corrected chi connectivity index (χ3v) is 15.0. The van der Waals surface area contributed by atoms with Gasteiger partial charge in [-0.15, -0.1) is 0 Å². The lowest BCUT2D eigenvalue weighted by Gasteiger charge is -2.18. The predicted octanol–water partition coefficient (Wildman–Crippen LogP) is 23.3. The van der Waals surface area contributed by atoms with Gasteiger partial charge in [0, 0.05) is 12.8 Å². The van der Waals surface area contributed by atoms with Crippen molar-refractivity contribution in [2.45, 2.75) is 354 Å². The number of allylic oxidation sites excluding steroid dienone is 11. The molecule has 0 aliphatic rings. The Kier molecular flexibility index (Phi) is 63.7. The highest BCUT2D eigenvalue weighted by molar-refractivity contribution is 5.72. The molecule has 0 fully saturated rings. The Hall–Kier alpha value is -3.15. The van der Waals surface area contributed by atoms with Crippen LogP contribution in [-0.4, -0.2) is 37.2 Å². The molecule has 0 aromatic carbocycles. The first kappa shape index (κ1) is 74.8. The molecule has 452 valence electrons. The van der Waals surface area contributed by atoms with Crippen molar-refractivity contribution in [2.75, 3.05) is 13.2 Å². The van der Waals surface area contributed by atoms with E-state index in [0.717, 1.165) is 83.5 Å². The zero-order valence-electron chi connectivity index (χ0n) is 51.9. The molecule has 6 nitrogen and oxygen atoms in total. The summed E-state index contributed by atoms with van der Waals surface area (Å²) in [6.45, 7) is 6.46. The number of rotatable bonds is 62. The summed E-state index contributed by atoms with van der Waals surface area (Å²) in [7, 11) is 0. The van der Waals surface area contributed by atoms with Crippen LogP contribution < -0.4 is 0 Å². The summed E-state index contributed by atoms with van der Waals surface area (Å²) in [4.78, 5) is 38.2. The summed E-state index contributed by atoms with van der Waals surface area (Å²) in [6.07, 6.45) is 86.9. The molecular formula is C72H128O6. The molecule has 0 saturated heterocycles. The van der Waals surface area contributed by atoms with Gasteiger partial charge in [0.1, 0.15) is 13.2 Å². The van der Waals surface area contributed by atoms with Crippen molar-refractivity contribution < 1.29 is 28.6 Å². The van der Waals surface area contributed by atoms with Gasteiger partial charge in [-0.25, -0.2) is 0 Å². The molecule has 1 atom stereocenters. The topological polar surface area (TPSA) is 78.9 Å². The van der Waals surface area contributed by atoms with Gasteiger partial charge in [0.05, 0.1) is 6.42 Å². The van der Waals surface area contributed by atoms with Crippen molar-refractivity contribution in [3.05, 3.63) is 72.9 Å². The van der Waals surface area contributed by atoms with Crippen LogP contribution in [0.5, 0.6) is 0 Å². The van der Waals surface area contributed by atoms with E-state index in [4.69, 9.17) is 14.2 Å². The molecule has 0 bridgehead atoms. The Morgan fingerprint density at radius 2 is 0.538 bits per heavy atom. The van der Waals surface area contributed by atoms with Gasteiger partial charge >= 0.3 is 17.9 Å². The molecule has 0 spiro atoms. The molecule has 0 amide bonds. The van der Waals surface area contributed by atoms with Crippen LogP contribution in [-0.2, 0) is 28.6 Å². The van der Waals surface area contributed by atoms with E-state index in [9.17, 15) is 14.4 Å². The Morgan fingerprint density at radius 1 is 0.282 bits per heavy atom. The van der Waals surface area contributed by atoms with Gasteiger partial charge in [0.15, 0.2) is 6.10 Å². The van der Waals surface area contributed by atoms with Gasteiger partial charge < -0.3 is 14.2 Å². The molecular weight excluding hydrogens is 961 g/mol. The summed E-state index contributed by atoms with van der Waals surface area (Å²) in [5.74, 6) is -1.04. The smallest absolute Gasteiger partial charge is 0.310 e. The first-order valence-electron chi connectivity index (χ1n) is 33.9. The molecule has 0 saturated carbocycles. The van der Waals surface area contributed by atoms with Crippen LogP contribution in [0.2, 0.25) is 0 Å². The van der Waals surface area contributed by atoms with Crippen LogP contribution in [0, 0.1) is 0 Å². The van der Waals surface area contributed by atoms with E-state index in [2.05, 4.69) is 81.5 Å². The van der Waals surface area contributed by atoms with Gasteiger partial charge in [-0.2, -0.15) is 0 Å². The van der Waals surface area contributed by atoms with E-state index in [0.29, 0.717) is 12.8 Å². The maximum absolute atomic E-state index is 12.8. The molecule has 78 heavy (non-hydrogen) atoms. The van der Waals surface area contributed by atoms with Crippen molar-refractivity contribution in [1.29, 1.82) is 0 Å². The van der Waals surface area contributed by atoms with Gasteiger partial charge in [-0.1, -0.05) is 331 Å². The third kappa shape index (κ3) is 63.7. The lowest BCUT2D eigenvalue weighted by molar-refractivity contribution is -0.166. The van der Waals surface area contributed by atoms with Gasteiger partial charge in [0.2, 0.25) is 0 Å². The summed E-state index contributed by atoms with van der Waals surface area (Å²) in [5, 5.41) is 0. The Balaban J connectivity index is 4.16. The van der Waals surface area contributed by atoms with Crippen LogP contribution in [0.15, 0.2) is 72.9 Å². The van der Waals surface area contributed by atoms with Crippen LogP contribution in [0.3, 0.4) is 0 Å². The number of ether oxygens (including phenoxy) is 3. The monoisotopic (exact) mass is 1090 g/mol. The lowest BCUT2D eigenvalue weighted by atomic mass is 10.0. The zero-order valence-corrected chi connectivity index (χ0v) is 51.9. The van der Waals surface area contributed by atoms with Crippen molar-refractivity contribution in [1.82, 2.24) is 0 Å². The van der Waals surface area contributed by atoms with Gasteiger partial charge in [0.25, 0.3) is 0 Å². The van der Waals surface area contributed by atoms with Crippen molar-refractivity contribution >= 4 is 17.9 Å². The minimum atomic E-state index is -0.832. The summed E-state index contributed by atoms with van der Waals surface area (Å²) in [6, 6.07) is 0. The molecule has 0 aromatic heterocycles. The average molecular weight is 1090 g/mol. The van der Waals surface area contributed by atoms with E-state index in [1.54, 1.807) is 6.08 Å². The van der Waals surface area contributed by atoms with E-state index in [-0.39, 0.29) is 31.6 Å². The molecule has 0 aliphatic carbocycles. The fraction of sp³-hybridized carbons (Fsp3) is 0.792.